The Balaban J connectivity index is 1.57. The van der Waals surface area contributed by atoms with Gasteiger partial charge in [-0.3, -0.25) is 0 Å². The van der Waals surface area contributed by atoms with Crippen molar-refractivity contribution in [3.8, 4) is 11.1 Å². The van der Waals surface area contributed by atoms with Crippen molar-refractivity contribution in [3.63, 3.8) is 0 Å². The molecule has 0 heterocycles. The van der Waals surface area contributed by atoms with Crippen LogP contribution in [-0.2, 0) is 21.3 Å². The number of allylic oxidation sites excluding steroid dienone is 4. The van der Waals surface area contributed by atoms with Crippen LogP contribution in [0.1, 0.15) is 32.3 Å². The van der Waals surface area contributed by atoms with Gasteiger partial charge < -0.3 is 0 Å². The first kappa shape index (κ1) is 25.1. The molecule has 1 unspecified atom stereocenters. The molecular formula is C39H27ClZr. The molecule has 0 aliphatic heterocycles. The molecule has 0 amide bonds. The average molecular weight is 622 g/mol. The van der Waals surface area contributed by atoms with Crippen LogP contribution in [0.15, 0.2) is 149 Å². The summed E-state index contributed by atoms with van der Waals surface area (Å²) in [5, 5.41) is 6.24. The predicted molar refractivity (Wildman–Crippen MR) is 172 cm³/mol. The molecule has 0 bridgehead atoms. The third kappa shape index (κ3) is 4.10. The number of benzene rings is 6. The van der Waals surface area contributed by atoms with E-state index >= 15 is 0 Å². The normalized spacial score (nSPS) is 16.0. The molecule has 0 nitrogen and oxygen atoms in total. The van der Waals surface area contributed by atoms with E-state index in [-0.39, 0.29) is 0 Å². The number of hydrogen-bond acceptors (Lipinski definition) is 0. The second kappa shape index (κ2) is 10.3. The Hall–Kier alpha value is -3.64. The van der Waals surface area contributed by atoms with Crippen molar-refractivity contribution < 1.29 is 21.3 Å². The van der Waals surface area contributed by atoms with Gasteiger partial charge in [-0.25, -0.2) is 0 Å². The summed E-state index contributed by atoms with van der Waals surface area (Å²) in [5.41, 5.74) is 8.52. The van der Waals surface area contributed by atoms with Crippen LogP contribution in [0.5, 0.6) is 0 Å². The zero-order valence-electron chi connectivity index (χ0n) is 22.5. The van der Waals surface area contributed by atoms with E-state index in [1.165, 1.54) is 54.9 Å². The Kier molecular flexibility index (Phi) is 6.32. The van der Waals surface area contributed by atoms with Gasteiger partial charge in [0.25, 0.3) is 0 Å². The van der Waals surface area contributed by atoms with Gasteiger partial charge in [0.05, 0.1) is 0 Å². The number of rotatable bonds is 4. The summed E-state index contributed by atoms with van der Waals surface area (Å²) in [7, 11) is 0. The molecule has 0 N–H and O–H groups in total. The van der Waals surface area contributed by atoms with Crippen LogP contribution in [-0.4, -0.2) is 3.21 Å². The Labute approximate surface area is 253 Å². The van der Waals surface area contributed by atoms with Crippen LogP contribution in [0.25, 0.3) is 32.7 Å². The molecule has 0 spiro atoms. The van der Waals surface area contributed by atoms with Gasteiger partial charge in [-0.1, -0.05) is 0 Å². The average Bonchev–Trinajstić information content (AvgIpc) is 3.68. The minimum atomic E-state index is -2.77. The zero-order chi connectivity index (χ0) is 27.3. The van der Waals surface area contributed by atoms with Gasteiger partial charge in [0.15, 0.2) is 0 Å². The quantitative estimate of drug-likeness (QED) is 0.172. The van der Waals surface area contributed by atoms with E-state index in [0.29, 0.717) is 3.63 Å². The number of hydrogen-bond donors (Lipinski definition) is 0. The van der Waals surface area contributed by atoms with Crippen molar-refractivity contribution in [3.05, 3.63) is 176 Å². The second-order valence-electron chi connectivity index (χ2n) is 10.9. The van der Waals surface area contributed by atoms with Crippen molar-refractivity contribution in [2.45, 2.75) is 10.0 Å². The molecule has 2 aliphatic carbocycles. The first-order valence-electron chi connectivity index (χ1n) is 14.2. The summed E-state index contributed by atoms with van der Waals surface area (Å²) in [5.74, 6) is 0. The molecular weight excluding hydrogens is 595 g/mol. The van der Waals surface area contributed by atoms with Crippen LogP contribution in [0.4, 0.5) is 0 Å². The monoisotopic (exact) mass is 620 g/mol. The van der Waals surface area contributed by atoms with E-state index in [2.05, 4.69) is 146 Å². The molecule has 2 aliphatic rings. The number of halogens is 1. The van der Waals surface area contributed by atoms with E-state index in [4.69, 9.17) is 11.6 Å². The van der Waals surface area contributed by atoms with Gasteiger partial charge >= 0.3 is 255 Å². The third-order valence-corrected chi connectivity index (χ3v) is 17.2. The summed E-state index contributed by atoms with van der Waals surface area (Å²) >= 11 is 3.67. The van der Waals surface area contributed by atoms with Crippen molar-refractivity contribution in [1.29, 1.82) is 0 Å². The van der Waals surface area contributed by atoms with Crippen molar-refractivity contribution in [2.24, 2.45) is 0 Å². The van der Waals surface area contributed by atoms with Gasteiger partial charge in [-0.2, -0.15) is 0 Å². The van der Waals surface area contributed by atoms with Gasteiger partial charge in [0, 0.05) is 0 Å². The molecule has 2 heteroatoms. The van der Waals surface area contributed by atoms with Crippen molar-refractivity contribution in [1.82, 2.24) is 0 Å². The second-order valence-corrected chi connectivity index (χ2v) is 17.6. The first-order chi connectivity index (χ1) is 20.3. The molecule has 0 saturated carbocycles. The van der Waals surface area contributed by atoms with Crippen molar-refractivity contribution >= 4 is 36.4 Å². The van der Waals surface area contributed by atoms with E-state index < -0.39 is 21.3 Å². The Morgan fingerprint density at radius 1 is 0.610 bits per heavy atom. The fourth-order valence-corrected chi connectivity index (χ4v) is 16.2. The van der Waals surface area contributed by atoms with E-state index in [0.717, 1.165) is 11.4 Å². The standard InChI is InChI=1S/C21H13.C13H9Cl.C5H5.Zr/c1-2-8-15-14(7-1)13-20-18-11-4-3-9-16(18)17-10-5-6-12-19(17)21(15)20;14-13-8-6-12(7-9-13)10-11-4-2-1-3-5-11;1-2-4-5-3-1;/h1-13H;1-9H;1-3H,4H2;. The van der Waals surface area contributed by atoms with Crippen LogP contribution in [0.2, 0.25) is 5.02 Å². The van der Waals surface area contributed by atoms with Gasteiger partial charge in [-0.05, 0) is 0 Å². The van der Waals surface area contributed by atoms with E-state index in [1.807, 2.05) is 0 Å². The molecule has 0 aromatic heterocycles. The van der Waals surface area contributed by atoms with Crippen LogP contribution in [0.3, 0.4) is 0 Å². The van der Waals surface area contributed by atoms with Gasteiger partial charge in [0.1, 0.15) is 0 Å². The summed E-state index contributed by atoms with van der Waals surface area (Å²) in [6.07, 6.45) is 8.11. The number of fused-ring (bicyclic) bond motifs is 8. The third-order valence-electron chi connectivity index (χ3n) is 8.67. The molecule has 194 valence electrons. The predicted octanol–water partition coefficient (Wildman–Crippen LogP) is 10.4. The molecule has 6 aromatic carbocycles. The Morgan fingerprint density at radius 3 is 1.95 bits per heavy atom. The van der Waals surface area contributed by atoms with Crippen molar-refractivity contribution in [2.75, 3.05) is 0 Å². The summed E-state index contributed by atoms with van der Waals surface area (Å²) in [4.78, 5) is 0. The first-order valence-corrected chi connectivity index (χ1v) is 18.5. The molecule has 0 radical (unpaired) electrons. The Bertz CT molecular complexity index is 2060. The summed E-state index contributed by atoms with van der Waals surface area (Å²) in [6.45, 7) is 0. The molecule has 41 heavy (non-hydrogen) atoms. The van der Waals surface area contributed by atoms with E-state index in [1.54, 1.807) is 6.49 Å². The minimum absolute atomic E-state index is 0.357. The summed E-state index contributed by atoms with van der Waals surface area (Å²) < 4.78 is 3.55. The summed E-state index contributed by atoms with van der Waals surface area (Å²) in [6, 6.07) is 47.1. The fraction of sp³-hybridized carbons (Fsp3) is 0.0513. The molecule has 0 fully saturated rings. The molecule has 8 rings (SSSR count). The topological polar surface area (TPSA) is 0 Å². The molecule has 0 saturated heterocycles. The van der Waals surface area contributed by atoms with Gasteiger partial charge in [0.2, 0.25) is 0 Å². The van der Waals surface area contributed by atoms with Gasteiger partial charge in [-0.15, -0.1) is 0 Å². The molecule has 1 atom stereocenters. The van der Waals surface area contributed by atoms with E-state index in [9.17, 15) is 0 Å². The zero-order valence-corrected chi connectivity index (χ0v) is 25.7. The van der Waals surface area contributed by atoms with Crippen LogP contribution >= 0.6 is 11.6 Å². The maximum absolute atomic E-state index is 6.44. The Morgan fingerprint density at radius 2 is 1.22 bits per heavy atom. The SMILES string of the molecule is Clc1ccc([C](c2ccccc2)=[Zr]([C]2=CC=CC2)[CH]2c3ccccc3-c3c2c2ccccc2c2ccccc32)cc1. The molecule has 6 aromatic rings. The fourth-order valence-electron chi connectivity index (χ4n) is 7.03. The van der Waals surface area contributed by atoms with Crippen LogP contribution < -0.4 is 0 Å². The maximum atomic E-state index is 6.44. The van der Waals surface area contributed by atoms with Crippen LogP contribution in [0, 0.1) is 0 Å².